The summed E-state index contributed by atoms with van der Waals surface area (Å²) in [6, 6.07) is 0. The third-order valence-corrected chi connectivity index (χ3v) is 1.94. The van der Waals surface area contributed by atoms with E-state index in [1.54, 1.807) is 11.8 Å². The Labute approximate surface area is 79.5 Å². The van der Waals surface area contributed by atoms with Gasteiger partial charge in [-0.3, -0.25) is 0 Å². The normalized spacial score (nSPS) is 13.8. The Bertz CT molecular complexity index is 196. The number of nitrogens with one attached hydrogen (secondary N) is 1. The van der Waals surface area contributed by atoms with Gasteiger partial charge in [-0.2, -0.15) is 0 Å². The highest BCUT2D eigenvalue weighted by atomic mass is 32.2. The largest absolute Gasteiger partial charge is 0.308 e. The lowest BCUT2D eigenvalue weighted by Crippen LogP contribution is -2.09. The minimum atomic E-state index is 0.0739. The summed E-state index contributed by atoms with van der Waals surface area (Å²) < 4.78 is 0. The second-order valence-corrected chi connectivity index (χ2v) is 4.32. The number of hydrogen-bond donors (Lipinski definition) is 1. The monoisotopic (exact) mass is 183 g/mol. The maximum atomic E-state index is 7.22. The van der Waals surface area contributed by atoms with Gasteiger partial charge in [0.05, 0.1) is 0 Å². The van der Waals surface area contributed by atoms with Crippen molar-refractivity contribution < 1.29 is 0 Å². The molecule has 1 nitrogen and oxygen atoms in total. The van der Waals surface area contributed by atoms with Crippen LogP contribution in [0.25, 0.3) is 0 Å². The number of allylic oxidation sites excluding steroid dienone is 3. The maximum absolute atomic E-state index is 7.22. The van der Waals surface area contributed by atoms with Crippen molar-refractivity contribution in [3.05, 3.63) is 23.1 Å². The van der Waals surface area contributed by atoms with Gasteiger partial charge in [0.1, 0.15) is 0 Å². The Kier molecular flexibility index (Phi) is 4.98. The van der Waals surface area contributed by atoms with Gasteiger partial charge in [0, 0.05) is 6.21 Å². The van der Waals surface area contributed by atoms with Crippen molar-refractivity contribution in [1.29, 1.82) is 5.41 Å². The first-order valence-corrected chi connectivity index (χ1v) is 5.21. The van der Waals surface area contributed by atoms with Gasteiger partial charge in [-0.25, -0.2) is 0 Å². The van der Waals surface area contributed by atoms with E-state index in [4.69, 9.17) is 5.41 Å². The van der Waals surface area contributed by atoms with E-state index < -0.39 is 0 Å². The van der Waals surface area contributed by atoms with Crippen LogP contribution in [0, 0.1) is 10.8 Å². The van der Waals surface area contributed by atoms with Gasteiger partial charge in [-0.05, 0) is 22.7 Å². The predicted molar refractivity (Wildman–Crippen MR) is 59.0 cm³/mol. The lowest BCUT2D eigenvalue weighted by molar-refractivity contribution is 0.526. The van der Waals surface area contributed by atoms with E-state index in [0.29, 0.717) is 0 Å². The van der Waals surface area contributed by atoms with E-state index in [0.717, 1.165) is 5.57 Å². The molecule has 0 aliphatic heterocycles. The second kappa shape index (κ2) is 5.20. The van der Waals surface area contributed by atoms with Crippen LogP contribution >= 0.6 is 11.8 Å². The zero-order chi connectivity index (χ0) is 9.61. The Balaban J connectivity index is 4.45. The van der Waals surface area contributed by atoms with E-state index in [1.807, 2.05) is 23.8 Å². The number of rotatable bonds is 3. The molecule has 0 aromatic carbocycles. The molecule has 0 saturated heterocycles. The Hall–Kier alpha value is -0.500. The summed E-state index contributed by atoms with van der Waals surface area (Å²) in [7, 11) is 0. The fourth-order valence-corrected chi connectivity index (χ4v) is 0.972. The SMILES string of the molecule is CS/C=C/C=C(\C=N)C(C)(C)C. The van der Waals surface area contributed by atoms with E-state index in [9.17, 15) is 0 Å². The molecule has 0 atom stereocenters. The standard InChI is InChI=1S/C10H17NS/c1-10(2,3)9(8-11)6-5-7-12-4/h5-8,11H,1-4H3/b7-5+,9-6+,11-8?. The summed E-state index contributed by atoms with van der Waals surface area (Å²) in [4.78, 5) is 0. The summed E-state index contributed by atoms with van der Waals surface area (Å²) in [6.07, 6.45) is 7.41. The van der Waals surface area contributed by atoms with E-state index in [-0.39, 0.29) is 5.41 Å². The lowest BCUT2D eigenvalue weighted by atomic mass is 9.87. The molecule has 0 aromatic heterocycles. The first-order chi connectivity index (χ1) is 5.52. The van der Waals surface area contributed by atoms with E-state index >= 15 is 0 Å². The first-order valence-electron chi connectivity index (χ1n) is 3.93. The average molecular weight is 183 g/mol. The molecule has 68 valence electrons. The minimum absolute atomic E-state index is 0.0739. The fourth-order valence-electron chi connectivity index (χ4n) is 0.736. The summed E-state index contributed by atoms with van der Waals surface area (Å²) >= 11 is 1.66. The van der Waals surface area contributed by atoms with Crippen LogP contribution < -0.4 is 0 Å². The molecule has 2 heteroatoms. The van der Waals surface area contributed by atoms with Crippen LogP contribution in [0.2, 0.25) is 0 Å². The van der Waals surface area contributed by atoms with Gasteiger partial charge in [0.25, 0.3) is 0 Å². The molecule has 0 heterocycles. The van der Waals surface area contributed by atoms with Gasteiger partial charge in [-0.1, -0.05) is 32.9 Å². The highest BCUT2D eigenvalue weighted by molar-refractivity contribution is 8.01. The van der Waals surface area contributed by atoms with Gasteiger partial charge in [-0.15, -0.1) is 11.8 Å². The van der Waals surface area contributed by atoms with Gasteiger partial charge in [0.15, 0.2) is 0 Å². The van der Waals surface area contributed by atoms with E-state index in [2.05, 4.69) is 20.8 Å². The zero-order valence-electron chi connectivity index (χ0n) is 8.22. The first kappa shape index (κ1) is 11.5. The molecule has 1 N–H and O–H groups in total. The van der Waals surface area contributed by atoms with Crippen molar-refractivity contribution in [3.8, 4) is 0 Å². The zero-order valence-corrected chi connectivity index (χ0v) is 9.03. The second-order valence-electron chi connectivity index (χ2n) is 3.58. The molecule has 0 amide bonds. The lowest BCUT2D eigenvalue weighted by Gasteiger charge is -2.18. The summed E-state index contributed by atoms with van der Waals surface area (Å²) in [5.41, 5.74) is 1.12. The van der Waals surface area contributed by atoms with Crippen LogP contribution in [0.3, 0.4) is 0 Å². The Morgan fingerprint density at radius 2 is 1.92 bits per heavy atom. The van der Waals surface area contributed by atoms with Crippen molar-refractivity contribution in [1.82, 2.24) is 0 Å². The minimum Gasteiger partial charge on any atom is -0.308 e. The Morgan fingerprint density at radius 1 is 1.33 bits per heavy atom. The van der Waals surface area contributed by atoms with Crippen LogP contribution in [0.5, 0.6) is 0 Å². The summed E-state index contributed by atoms with van der Waals surface area (Å²) in [6.45, 7) is 6.32. The van der Waals surface area contributed by atoms with Crippen molar-refractivity contribution >= 4 is 18.0 Å². The van der Waals surface area contributed by atoms with Crippen molar-refractivity contribution in [3.63, 3.8) is 0 Å². The highest BCUT2D eigenvalue weighted by Gasteiger charge is 2.13. The molecular formula is C10H17NS. The van der Waals surface area contributed by atoms with Crippen LogP contribution in [-0.2, 0) is 0 Å². The van der Waals surface area contributed by atoms with E-state index in [1.165, 1.54) is 6.21 Å². The third kappa shape index (κ3) is 4.39. The topological polar surface area (TPSA) is 23.9 Å². The van der Waals surface area contributed by atoms with Crippen LogP contribution in [-0.4, -0.2) is 12.5 Å². The van der Waals surface area contributed by atoms with Crippen molar-refractivity contribution in [2.75, 3.05) is 6.26 Å². The van der Waals surface area contributed by atoms with Gasteiger partial charge < -0.3 is 5.41 Å². The smallest absolute Gasteiger partial charge is 0.0215 e. The molecule has 0 aliphatic carbocycles. The quantitative estimate of drug-likeness (QED) is 0.525. The van der Waals surface area contributed by atoms with Gasteiger partial charge in [0.2, 0.25) is 0 Å². The molecule has 0 rings (SSSR count). The fraction of sp³-hybridized carbons (Fsp3) is 0.500. The predicted octanol–water partition coefficient (Wildman–Crippen LogP) is 3.49. The van der Waals surface area contributed by atoms with Crippen LogP contribution in [0.4, 0.5) is 0 Å². The van der Waals surface area contributed by atoms with Crippen LogP contribution in [0.15, 0.2) is 23.1 Å². The molecular weight excluding hydrogens is 166 g/mol. The van der Waals surface area contributed by atoms with Crippen molar-refractivity contribution in [2.24, 2.45) is 5.41 Å². The highest BCUT2D eigenvalue weighted by Crippen LogP contribution is 2.23. The molecule has 0 spiro atoms. The molecule has 0 saturated carbocycles. The Morgan fingerprint density at radius 3 is 2.25 bits per heavy atom. The third-order valence-electron chi connectivity index (χ3n) is 1.51. The van der Waals surface area contributed by atoms with Crippen molar-refractivity contribution in [2.45, 2.75) is 20.8 Å². The molecule has 0 radical (unpaired) electrons. The molecule has 0 bridgehead atoms. The molecule has 0 fully saturated rings. The molecule has 0 aromatic rings. The average Bonchev–Trinajstić information content (AvgIpc) is 1.95. The summed E-state index contributed by atoms with van der Waals surface area (Å²) in [5, 5.41) is 9.23. The molecule has 0 aliphatic rings. The van der Waals surface area contributed by atoms with Crippen LogP contribution in [0.1, 0.15) is 20.8 Å². The molecule has 0 unspecified atom stereocenters. The summed E-state index contributed by atoms with van der Waals surface area (Å²) in [5.74, 6) is 0. The number of hydrogen-bond acceptors (Lipinski definition) is 2. The number of thioether (sulfide) groups is 1. The van der Waals surface area contributed by atoms with Gasteiger partial charge >= 0.3 is 0 Å². The molecule has 12 heavy (non-hydrogen) atoms. The maximum Gasteiger partial charge on any atom is 0.0215 e.